The fourth-order valence-electron chi connectivity index (χ4n) is 6.16. The van der Waals surface area contributed by atoms with Gasteiger partial charge in [0.25, 0.3) is 0 Å². The predicted octanol–water partition coefficient (Wildman–Crippen LogP) is 2.53. The van der Waals surface area contributed by atoms with Crippen LogP contribution in [0.25, 0.3) is 0 Å². The van der Waals surface area contributed by atoms with Gasteiger partial charge in [0, 0.05) is 16.9 Å². The number of ether oxygens (including phenoxy) is 2. The van der Waals surface area contributed by atoms with Gasteiger partial charge in [-0.25, -0.2) is 4.79 Å². The highest BCUT2D eigenvalue weighted by atomic mass is 16.6. The summed E-state index contributed by atoms with van der Waals surface area (Å²) in [7, 11) is 0. The number of aliphatic hydroxyl groups is 1. The second-order valence-corrected chi connectivity index (χ2v) is 8.67. The SMILES string of the molecule is C[C@@]12C[C@@H](c3ccoc3)OC(=O)[C@H]1CC[C@]1(C)[C@H]2[C@H]2C=C[C@]1(O)C(=O)O2. The minimum atomic E-state index is -1.63. The highest BCUT2D eigenvalue weighted by Gasteiger charge is 2.72. The maximum absolute atomic E-state index is 12.8. The van der Waals surface area contributed by atoms with E-state index in [0.29, 0.717) is 19.3 Å². The van der Waals surface area contributed by atoms with Crippen LogP contribution in [0.15, 0.2) is 35.2 Å². The Morgan fingerprint density at radius 2 is 2.04 bits per heavy atom. The van der Waals surface area contributed by atoms with Crippen molar-refractivity contribution in [3.63, 3.8) is 0 Å². The maximum atomic E-state index is 12.8. The average molecular weight is 358 g/mol. The van der Waals surface area contributed by atoms with Crippen molar-refractivity contribution in [2.75, 3.05) is 0 Å². The lowest BCUT2D eigenvalue weighted by atomic mass is 9.42. The number of hydrogen-bond acceptors (Lipinski definition) is 6. The van der Waals surface area contributed by atoms with Gasteiger partial charge in [-0.15, -0.1) is 0 Å². The first-order valence-corrected chi connectivity index (χ1v) is 9.15. The van der Waals surface area contributed by atoms with Crippen LogP contribution in [-0.4, -0.2) is 28.8 Å². The van der Waals surface area contributed by atoms with Crippen LogP contribution in [0.2, 0.25) is 0 Å². The van der Waals surface area contributed by atoms with E-state index in [1.54, 1.807) is 24.7 Å². The maximum Gasteiger partial charge on any atom is 0.343 e. The standard InChI is InChI=1S/C20H22O6/c1-18-9-14(11-5-8-24-10-11)25-16(21)12(18)3-6-19(2)15(18)13-4-7-20(19,23)17(22)26-13/h4-5,7-8,10,12-15,23H,3,6,9H2,1-2H3/t12-,13-,14+,15+,18-,19-,20+/m1/s1. The lowest BCUT2D eigenvalue weighted by Gasteiger charge is -2.65. The van der Waals surface area contributed by atoms with E-state index in [2.05, 4.69) is 6.92 Å². The number of carbonyl (C=O) groups excluding carboxylic acids is 2. The summed E-state index contributed by atoms with van der Waals surface area (Å²) in [6.07, 6.45) is 7.52. The minimum Gasteiger partial charge on any atom is -0.472 e. The van der Waals surface area contributed by atoms with Gasteiger partial charge in [0.1, 0.15) is 12.2 Å². The average Bonchev–Trinajstić information content (AvgIpc) is 3.10. The molecular weight excluding hydrogens is 336 g/mol. The zero-order valence-electron chi connectivity index (χ0n) is 14.8. The summed E-state index contributed by atoms with van der Waals surface area (Å²) >= 11 is 0. The molecule has 1 aromatic rings. The summed E-state index contributed by atoms with van der Waals surface area (Å²) < 4.78 is 16.4. The summed E-state index contributed by atoms with van der Waals surface area (Å²) in [5, 5.41) is 11.2. The van der Waals surface area contributed by atoms with E-state index in [-0.39, 0.29) is 23.9 Å². The van der Waals surface area contributed by atoms with Gasteiger partial charge in [0.05, 0.1) is 18.4 Å². The summed E-state index contributed by atoms with van der Waals surface area (Å²) in [4.78, 5) is 25.2. The van der Waals surface area contributed by atoms with E-state index in [1.807, 2.05) is 13.0 Å². The van der Waals surface area contributed by atoms with E-state index in [1.165, 1.54) is 0 Å². The number of carbonyl (C=O) groups is 2. The molecule has 6 rings (SSSR count). The molecule has 3 fully saturated rings. The molecule has 6 nitrogen and oxygen atoms in total. The number of esters is 2. The molecule has 0 spiro atoms. The van der Waals surface area contributed by atoms with Gasteiger partial charge >= 0.3 is 11.9 Å². The largest absolute Gasteiger partial charge is 0.472 e. The Hall–Kier alpha value is -2.08. The second kappa shape index (κ2) is 4.80. The molecule has 138 valence electrons. The van der Waals surface area contributed by atoms with Crippen molar-refractivity contribution in [2.45, 2.75) is 50.9 Å². The molecule has 2 aliphatic carbocycles. The van der Waals surface area contributed by atoms with Gasteiger partial charge in [0.15, 0.2) is 5.60 Å². The van der Waals surface area contributed by atoms with Crippen LogP contribution in [0.3, 0.4) is 0 Å². The zero-order valence-corrected chi connectivity index (χ0v) is 14.8. The summed E-state index contributed by atoms with van der Waals surface area (Å²) in [5.74, 6) is -1.20. The molecule has 4 heterocycles. The monoisotopic (exact) mass is 358 g/mol. The van der Waals surface area contributed by atoms with Crippen molar-refractivity contribution in [3.8, 4) is 0 Å². The van der Waals surface area contributed by atoms with E-state index < -0.39 is 28.5 Å². The Balaban J connectivity index is 1.61. The third-order valence-corrected chi connectivity index (χ3v) is 7.51. The second-order valence-electron chi connectivity index (χ2n) is 8.67. The molecule has 0 radical (unpaired) electrons. The molecular formula is C20H22O6. The number of hydrogen-bond donors (Lipinski definition) is 1. The van der Waals surface area contributed by atoms with Crippen molar-refractivity contribution in [3.05, 3.63) is 36.3 Å². The van der Waals surface area contributed by atoms with Crippen LogP contribution in [0.5, 0.6) is 0 Å². The molecule has 1 N–H and O–H groups in total. The van der Waals surface area contributed by atoms with Crippen molar-refractivity contribution in [1.29, 1.82) is 0 Å². The summed E-state index contributed by atoms with van der Waals surface area (Å²) in [5.41, 5.74) is -1.91. The molecule has 0 amide bonds. The fourth-order valence-corrected chi connectivity index (χ4v) is 6.16. The third kappa shape index (κ3) is 1.71. The molecule has 1 saturated carbocycles. The Morgan fingerprint density at radius 1 is 1.23 bits per heavy atom. The minimum absolute atomic E-state index is 0.149. The van der Waals surface area contributed by atoms with Crippen LogP contribution < -0.4 is 0 Å². The van der Waals surface area contributed by atoms with Crippen LogP contribution in [0.1, 0.15) is 44.8 Å². The topological polar surface area (TPSA) is 86.0 Å². The summed E-state index contributed by atoms with van der Waals surface area (Å²) in [6, 6.07) is 1.81. The molecule has 3 aliphatic heterocycles. The van der Waals surface area contributed by atoms with Gasteiger partial charge in [-0.3, -0.25) is 4.79 Å². The van der Waals surface area contributed by atoms with E-state index in [9.17, 15) is 14.7 Å². The van der Waals surface area contributed by atoms with Gasteiger partial charge in [-0.05, 0) is 42.9 Å². The molecule has 2 bridgehead atoms. The first kappa shape index (κ1) is 16.1. The number of rotatable bonds is 1. The zero-order chi connectivity index (χ0) is 18.3. The van der Waals surface area contributed by atoms with Crippen molar-refractivity contribution >= 4 is 11.9 Å². The number of cyclic esters (lactones) is 1. The van der Waals surface area contributed by atoms with Crippen LogP contribution >= 0.6 is 0 Å². The molecule has 5 aliphatic rings. The van der Waals surface area contributed by atoms with Crippen molar-refractivity contribution in [2.24, 2.45) is 22.7 Å². The molecule has 7 atom stereocenters. The highest BCUT2D eigenvalue weighted by Crippen LogP contribution is 2.67. The van der Waals surface area contributed by atoms with Crippen molar-refractivity contribution < 1.29 is 28.6 Å². The molecule has 1 aromatic heterocycles. The lowest BCUT2D eigenvalue weighted by molar-refractivity contribution is -0.259. The highest BCUT2D eigenvalue weighted by molar-refractivity contribution is 5.86. The van der Waals surface area contributed by atoms with Crippen LogP contribution in [0.4, 0.5) is 0 Å². The molecule has 6 heteroatoms. The van der Waals surface area contributed by atoms with Crippen LogP contribution in [0, 0.1) is 22.7 Å². The molecule has 0 aromatic carbocycles. The van der Waals surface area contributed by atoms with Gasteiger partial charge in [0.2, 0.25) is 0 Å². The van der Waals surface area contributed by atoms with Crippen molar-refractivity contribution in [1.82, 2.24) is 0 Å². The number of fused-ring (bicyclic) bond motifs is 2. The van der Waals surface area contributed by atoms with E-state index >= 15 is 0 Å². The van der Waals surface area contributed by atoms with Crippen LogP contribution in [-0.2, 0) is 19.1 Å². The van der Waals surface area contributed by atoms with E-state index in [4.69, 9.17) is 13.9 Å². The van der Waals surface area contributed by atoms with Gasteiger partial charge in [-0.1, -0.05) is 13.8 Å². The third-order valence-electron chi connectivity index (χ3n) is 7.51. The lowest BCUT2D eigenvalue weighted by Crippen LogP contribution is -2.72. The first-order chi connectivity index (χ1) is 12.3. The summed E-state index contributed by atoms with van der Waals surface area (Å²) in [6.45, 7) is 4.04. The van der Waals surface area contributed by atoms with Gasteiger partial charge < -0.3 is 19.0 Å². The Morgan fingerprint density at radius 3 is 2.73 bits per heavy atom. The molecule has 26 heavy (non-hydrogen) atoms. The van der Waals surface area contributed by atoms with E-state index in [0.717, 1.165) is 5.56 Å². The molecule has 2 saturated heterocycles. The first-order valence-electron chi connectivity index (χ1n) is 9.15. The smallest absolute Gasteiger partial charge is 0.343 e. The molecule has 0 unspecified atom stereocenters. The predicted molar refractivity (Wildman–Crippen MR) is 88.6 cm³/mol. The number of furan rings is 1. The Labute approximate surface area is 151 Å². The van der Waals surface area contributed by atoms with Gasteiger partial charge in [-0.2, -0.15) is 0 Å². The fraction of sp³-hybridized carbons (Fsp3) is 0.600. The normalized spacial score (nSPS) is 49.2. The Bertz CT molecular complexity index is 812. The Kier molecular flexibility index (Phi) is 2.97. The quantitative estimate of drug-likeness (QED) is 0.613.